The highest BCUT2D eigenvalue weighted by molar-refractivity contribution is 7.84. The zero-order valence-electron chi connectivity index (χ0n) is 9.70. The minimum Gasteiger partial charge on any atom is -0.398 e. The van der Waals surface area contributed by atoms with Gasteiger partial charge in [0.1, 0.15) is 5.82 Å². The molecular weight excluding hydrogens is 308 g/mol. The van der Waals surface area contributed by atoms with Crippen LogP contribution in [0.25, 0.3) is 0 Å². The third-order valence-electron chi connectivity index (χ3n) is 2.54. The van der Waals surface area contributed by atoms with Crippen molar-refractivity contribution in [2.45, 2.75) is 10.6 Å². The van der Waals surface area contributed by atoms with E-state index in [9.17, 15) is 8.60 Å². The largest absolute Gasteiger partial charge is 0.398 e. The first-order valence-electron chi connectivity index (χ1n) is 5.35. The molecule has 2 aromatic rings. The maximum absolute atomic E-state index is 13.2. The number of benzene rings is 2. The van der Waals surface area contributed by atoms with E-state index in [1.54, 1.807) is 18.2 Å². The molecule has 100 valence electrons. The highest BCUT2D eigenvalue weighted by atomic mass is 35.5. The van der Waals surface area contributed by atoms with Crippen LogP contribution in [0.4, 0.5) is 10.1 Å². The molecule has 6 heteroatoms. The molecule has 19 heavy (non-hydrogen) atoms. The molecule has 2 N–H and O–H groups in total. The van der Waals surface area contributed by atoms with E-state index in [1.165, 1.54) is 18.2 Å². The van der Waals surface area contributed by atoms with E-state index in [0.29, 0.717) is 15.6 Å². The van der Waals surface area contributed by atoms with Crippen molar-refractivity contribution in [1.29, 1.82) is 0 Å². The van der Waals surface area contributed by atoms with Crippen LogP contribution in [0.15, 0.2) is 41.3 Å². The second-order valence-corrected chi connectivity index (χ2v) is 6.09. The van der Waals surface area contributed by atoms with Crippen LogP contribution in [0, 0.1) is 5.82 Å². The molecule has 2 nitrogen and oxygen atoms in total. The van der Waals surface area contributed by atoms with E-state index < -0.39 is 16.6 Å². The van der Waals surface area contributed by atoms with Crippen molar-refractivity contribution in [2.24, 2.45) is 0 Å². The van der Waals surface area contributed by atoms with Crippen molar-refractivity contribution < 1.29 is 8.60 Å². The van der Waals surface area contributed by atoms with Gasteiger partial charge in [-0.3, -0.25) is 4.21 Å². The topological polar surface area (TPSA) is 43.1 Å². The van der Waals surface area contributed by atoms with Gasteiger partial charge >= 0.3 is 0 Å². The Morgan fingerprint density at radius 2 is 1.95 bits per heavy atom. The Labute approximate surface area is 122 Å². The predicted molar refractivity (Wildman–Crippen MR) is 77.4 cm³/mol. The predicted octanol–water partition coefficient (Wildman–Crippen LogP) is 4.02. The maximum Gasteiger partial charge on any atom is 0.124 e. The standard InChI is InChI=1S/C13H10Cl2FNOS/c14-10-3-1-2-8(13(10)15)7-19(18)12-6-9(16)4-5-11(12)17/h1-6H,7,17H2. The molecule has 0 fully saturated rings. The lowest BCUT2D eigenvalue weighted by atomic mass is 10.2. The smallest absolute Gasteiger partial charge is 0.124 e. The first-order chi connectivity index (χ1) is 8.99. The van der Waals surface area contributed by atoms with Gasteiger partial charge in [-0.1, -0.05) is 35.3 Å². The molecular formula is C13H10Cl2FNOS. The van der Waals surface area contributed by atoms with Gasteiger partial charge in [-0.15, -0.1) is 0 Å². The van der Waals surface area contributed by atoms with Gasteiger partial charge in [-0.2, -0.15) is 0 Å². The van der Waals surface area contributed by atoms with Gasteiger partial charge in [0, 0.05) is 5.69 Å². The Bertz CT molecular complexity index is 649. The van der Waals surface area contributed by atoms with Gasteiger partial charge in [-0.25, -0.2) is 4.39 Å². The van der Waals surface area contributed by atoms with Gasteiger partial charge in [-0.05, 0) is 29.8 Å². The lowest BCUT2D eigenvalue weighted by Crippen LogP contribution is -2.02. The second-order valence-electron chi connectivity index (χ2n) is 3.88. The number of nitrogen functional groups attached to an aromatic ring is 1. The number of hydrogen-bond donors (Lipinski definition) is 1. The van der Waals surface area contributed by atoms with Crippen molar-refractivity contribution in [3.63, 3.8) is 0 Å². The Morgan fingerprint density at radius 1 is 1.21 bits per heavy atom. The Kier molecular flexibility index (Phi) is 4.45. The number of halogens is 3. The van der Waals surface area contributed by atoms with Crippen molar-refractivity contribution >= 4 is 39.7 Å². The van der Waals surface area contributed by atoms with E-state index in [1.807, 2.05) is 0 Å². The summed E-state index contributed by atoms with van der Waals surface area (Å²) in [5.74, 6) is -0.345. The summed E-state index contributed by atoms with van der Waals surface area (Å²) < 4.78 is 25.4. The molecule has 0 saturated heterocycles. The molecule has 0 amide bonds. The third-order valence-corrected chi connectivity index (χ3v) is 4.81. The van der Waals surface area contributed by atoms with Crippen LogP contribution in [0.1, 0.15) is 5.56 Å². The number of hydrogen-bond acceptors (Lipinski definition) is 2. The first kappa shape index (κ1) is 14.3. The first-order valence-corrected chi connectivity index (χ1v) is 7.43. The highest BCUT2D eigenvalue weighted by Gasteiger charge is 2.13. The maximum atomic E-state index is 13.2. The van der Waals surface area contributed by atoms with Gasteiger partial charge in [0.25, 0.3) is 0 Å². The second kappa shape index (κ2) is 5.90. The molecule has 2 rings (SSSR count). The van der Waals surface area contributed by atoms with Crippen LogP contribution in [0.2, 0.25) is 10.0 Å². The lowest BCUT2D eigenvalue weighted by Gasteiger charge is -2.08. The van der Waals surface area contributed by atoms with Crippen LogP contribution < -0.4 is 5.73 Å². The van der Waals surface area contributed by atoms with Crippen LogP contribution in [0.3, 0.4) is 0 Å². The van der Waals surface area contributed by atoms with Crippen LogP contribution in [-0.2, 0) is 16.6 Å². The average molecular weight is 318 g/mol. The van der Waals surface area contributed by atoms with Crippen molar-refractivity contribution in [3.05, 3.63) is 57.8 Å². The molecule has 0 aliphatic carbocycles. The summed E-state index contributed by atoms with van der Waals surface area (Å²) in [6.07, 6.45) is 0. The van der Waals surface area contributed by atoms with Gasteiger partial charge < -0.3 is 5.73 Å². The van der Waals surface area contributed by atoms with Crippen molar-refractivity contribution in [3.8, 4) is 0 Å². The molecule has 0 aliphatic rings. The van der Waals surface area contributed by atoms with E-state index in [-0.39, 0.29) is 16.3 Å². The fourth-order valence-electron chi connectivity index (χ4n) is 1.58. The molecule has 0 radical (unpaired) electrons. The third kappa shape index (κ3) is 3.26. The van der Waals surface area contributed by atoms with E-state index in [4.69, 9.17) is 28.9 Å². The SMILES string of the molecule is Nc1ccc(F)cc1S(=O)Cc1cccc(Cl)c1Cl. The lowest BCUT2D eigenvalue weighted by molar-refractivity contribution is 0.623. The van der Waals surface area contributed by atoms with Crippen LogP contribution in [-0.4, -0.2) is 4.21 Å². The van der Waals surface area contributed by atoms with Crippen LogP contribution >= 0.6 is 23.2 Å². The number of nitrogens with two attached hydrogens (primary N) is 1. The Hall–Kier alpha value is -1.10. The van der Waals surface area contributed by atoms with E-state index in [0.717, 1.165) is 0 Å². The van der Waals surface area contributed by atoms with Gasteiger partial charge in [0.2, 0.25) is 0 Å². The summed E-state index contributed by atoms with van der Waals surface area (Å²) in [7, 11) is -1.48. The molecule has 1 atom stereocenters. The molecule has 0 aromatic heterocycles. The molecule has 0 saturated carbocycles. The molecule has 2 aromatic carbocycles. The fraction of sp³-hybridized carbons (Fsp3) is 0.0769. The monoisotopic (exact) mass is 317 g/mol. The zero-order chi connectivity index (χ0) is 14.0. The average Bonchev–Trinajstić information content (AvgIpc) is 2.38. The van der Waals surface area contributed by atoms with Crippen molar-refractivity contribution in [2.75, 3.05) is 5.73 Å². The molecule has 1 unspecified atom stereocenters. The van der Waals surface area contributed by atoms with E-state index >= 15 is 0 Å². The molecule has 0 bridgehead atoms. The Morgan fingerprint density at radius 3 is 2.68 bits per heavy atom. The molecule has 0 heterocycles. The summed E-state index contributed by atoms with van der Waals surface area (Å²) >= 11 is 11.9. The van der Waals surface area contributed by atoms with Gasteiger partial charge in [0.15, 0.2) is 0 Å². The van der Waals surface area contributed by atoms with E-state index in [2.05, 4.69) is 0 Å². The summed E-state index contributed by atoms with van der Waals surface area (Å²) in [4.78, 5) is 0.260. The van der Waals surface area contributed by atoms with Crippen molar-refractivity contribution in [1.82, 2.24) is 0 Å². The quantitative estimate of drug-likeness (QED) is 0.869. The number of rotatable bonds is 3. The normalized spacial score (nSPS) is 12.4. The molecule has 0 aliphatic heterocycles. The minimum atomic E-state index is -1.48. The minimum absolute atomic E-state index is 0.132. The van der Waals surface area contributed by atoms with Crippen LogP contribution in [0.5, 0.6) is 0 Å². The summed E-state index contributed by atoms with van der Waals surface area (Å²) in [5.41, 5.74) is 6.62. The highest BCUT2D eigenvalue weighted by Crippen LogP contribution is 2.28. The fourth-order valence-corrected chi connectivity index (χ4v) is 3.30. The molecule has 0 spiro atoms. The Balaban J connectivity index is 2.31. The number of anilines is 1. The summed E-state index contributed by atoms with van der Waals surface area (Å²) in [6.45, 7) is 0. The zero-order valence-corrected chi connectivity index (χ0v) is 12.0. The summed E-state index contributed by atoms with van der Waals surface area (Å²) in [6, 6.07) is 8.87. The van der Waals surface area contributed by atoms with Gasteiger partial charge in [0.05, 0.1) is 31.5 Å². The summed E-state index contributed by atoms with van der Waals surface area (Å²) in [5, 5.41) is 0.746.